The highest BCUT2D eigenvalue weighted by Crippen LogP contribution is 2.21. The summed E-state index contributed by atoms with van der Waals surface area (Å²) in [4.78, 5) is 9.23. The normalized spacial score (nSPS) is 12.1. The quantitative estimate of drug-likeness (QED) is 0.615. The fraction of sp³-hybridized carbons (Fsp3) is 0.435. The summed E-state index contributed by atoms with van der Waals surface area (Å²) in [5.74, 6) is 2.80. The number of benzene rings is 1. The monoisotopic (exact) mass is 393 g/mol. The van der Waals surface area contributed by atoms with E-state index in [2.05, 4.69) is 64.9 Å². The second kappa shape index (κ2) is 9.07. The molecule has 2 aromatic heterocycles. The van der Waals surface area contributed by atoms with Crippen LogP contribution in [0.5, 0.6) is 5.75 Å². The van der Waals surface area contributed by atoms with Crippen molar-refractivity contribution in [2.24, 2.45) is 0 Å². The lowest BCUT2D eigenvalue weighted by Gasteiger charge is -2.15. The first kappa shape index (κ1) is 20.8. The van der Waals surface area contributed by atoms with Crippen molar-refractivity contribution in [3.05, 3.63) is 64.4 Å². The van der Waals surface area contributed by atoms with Gasteiger partial charge in [0.2, 0.25) is 0 Å². The maximum atomic E-state index is 5.43. The van der Waals surface area contributed by atoms with Crippen LogP contribution >= 0.6 is 0 Å². The lowest BCUT2D eigenvalue weighted by atomic mass is 10.1. The van der Waals surface area contributed by atoms with Gasteiger partial charge in [0.05, 0.1) is 18.5 Å². The standard InChI is InChI=1S/C23H31N5O/c1-15(14-28-18(4)16(2)17(3)27-28)21-13-23(26-19(5)25-21)24-12-11-20-9-7-8-10-22(20)29-6/h7-10,13,15H,11-12,14H2,1-6H3,(H,24,25,26)/t15-/m1/s1. The van der Waals surface area contributed by atoms with E-state index >= 15 is 0 Å². The van der Waals surface area contributed by atoms with Gasteiger partial charge in [-0.3, -0.25) is 4.68 Å². The molecule has 1 aromatic carbocycles. The Balaban J connectivity index is 1.68. The van der Waals surface area contributed by atoms with Crippen molar-refractivity contribution in [3.63, 3.8) is 0 Å². The first-order valence-corrected chi connectivity index (χ1v) is 10.1. The summed E-state index contributed by atoms with van der Waals surface area (Å²) in [6, 6.07) is 10.2. The van der Waals surface area contributed by atoms with Crippen LogP contribution in [-0.2, 0) is 13.0 Å². The van der Waals surface area contributed by atoms with E-state index in [1.165, 1.54) is 16.8 Å². The van der Waals surface area contributed by atoms with E-state index in [9.17, 15) is 0 Å². The van der Waals surface area contributed by atoms with Crippen LogP contribution in [0.3, 0.4) is 0 Å². The number of aryl methyl sites for hydroxylation is 2. The van der Waals surface area contributed by atoms with Gasteiger partial charge in [0, 0.05) is 30.8 Å². The predicted molar refractivity (Wildman–Crippen MR) is 117 cm³/mol. The molecule has 1 N–H and O–H groups in total. The molecule has 0 radical (unpaired) electrons. The van der Waals surface area contributed by atoms with Crippen LogP contribution in [0.4, 0.5) is 5.82 Å². The van der Waals surface area contributed by atoms with Crippen LogP contribution in [0.2, 0.25) is 0 Å². The smallest absolute Gasteiger partial charge is 0.129 e. The molecule has 0 spiro atoms. The lowest BCUT2D eigenvalue weighted by Crippen LogP contribution is -2.13. The second-order valence-corrected chi connectivity index (χ2v) is 7.59. The molecule has 6 nitrogen and oxygen atoms in total. The number of methoxy groups -OCH3 is 1. The first-order chi connectivity index (χ1) is 13.9. The van der Waals surface area contributed by atoms with Crippen molar-refractivity contribution in [3.8, 4) is 5.75 Å². The Bertz CT molecular complexity index is 979. The number of para-hydroxylation sites is 1. The number of hydrogen-bond acceptors (Lipinski definition) is 5. The summed E-state index contributed by atoms with van der Waals surface area (Å²) in [6.45, 7) is 12.0. The summed E-state index contributed by atoms with van der Waals surface area (Å²) in [7, 11) is 1.71. The molecule has 0 amide bonds. The number of hydrogen-bond donors (Lipinski definition) is 1. The third-order valence-electron chi connectivity index (χ3n) is 5.45. The Labute approximate surface area is 173 Å². The zero-order valence-electron chi connectivity index (χ0n) is 18.3. The zero-order valence-corrected chi connectivity index (χ0v) is 18.3. The van der Waals surface area contributed by atoms with Gasteiger partial charge in [0.25, 0.3) is 0 Å². The average Bonchev–Trinajstić information content (AvgIpc) is 2.94. The molecule has 29 heavy (non-hydrogen) atoms. The Morgan fingerprint density at radius 1 is 1.10 bits per heavy atom. The SMILES string of the molecule is COc1ccccc1CCNc1cc([C@H](C)Cn2nc(C)c(C)c2C)nc(C)n1. The minimum absolute atomic E-state index is 0.240. The van der Waals surface area contributed by atoms with Gasteiger partial charge in [-0.05, 0) is 51.3 Å². The number of nitrogens with zero attached hydrogens (tertiary/aromatic N) is 4. The van der Waals surface area contributed by atoms with Crippen LogP contribution in [0.1, 0.15) is 46.9 Å². The molecule has 0 saturated heterocycles. The highest BCUT2D eigenvalue weighted by molar-refractivity contribution is 5.39. The first-order valence-electron chi connectivity index (χ1n) is 10.1. The molecule has 0 aliphatic carbocycles. The highest BCUT2D eigenvalue weighted by atomic mass is 16.5. The number of ether oxygens (including phenoxy) is 1. The molecule has 3 rings (SSSR count). The minimum atomic E-state index is 0.240. The summed E-state index contributed by atoms with van der Waals surface area (Å²) in [5.41, 5.74) is 5.78. The zero-order chi connectivity index (χ0) is 21.0. The minimum Gasteiger partial charge on any atom is -0.496 e. The number of anilines is 1. The molecule has 0 aliphatic heterocycles. The van der Waals surface area contributed by atoms with Gasteiger partial charge < -0.3 is 10.1 Å². The van der Waals surface area contributed by atoms with E-state index in [0.29, 0.717) is 0 Å². The molecule has 0 fully saturated rings. The Kier molecular flexibility index (Phi) is 6.52. The van der Waals surface area contributed by atoms with E-state index in [1.54, 1.807) is 7.11 Å². The summed E-state index contributed by atoms with van der Waals surface area (Å²) in [5, 5.41) is 8.11. The fourth-order valence-electron chi connectivity index (χ4n) is 3.49. The average molecular weight is 394 g/mol. The van der Waals surface area contributed by atoms with E-state index in [-0.39, 0.29) is 5.92 Å². The van der Waals surface area contributed by atoms with Crippen molar-refractivity contribution in [1.29, 1.82) is 0 Å². The molecule has 2 heterocycles. The Hall–Kier alpha value is -2.89. The van der Waals surface area contributed by atoms with E-state index in [0.717, 1.165) is 48.3 Å². The summed E-state index contributed by atoms with van der Waals surface area (Å²) < 4.78 is 7.52. The van der Waals surface area contributed by atoms with Gasteiger partial charge in [0.15, 0.2) is 0 Å². The van der Waals surface area contributed by atoms with Gasteiger partial charge in [-0.1, -0.05) is 25.1 Å². The van der Waals surface area contributed by atoms with Gasteiger partial charge in [-0.2, -0.15) is 5.10 Å². The molecule has 0 unspecified atom stereocenters. The maximum absolute atomic E-state index is 5.43. The van der Waals surface area contributed by atoms with Crippen molar-refractivity contribution >= 4 is 5.82 Å². The van der Waals surface area contributed by atoms with E-state index in [4.69, 9.17) is 4.74 Å². The molecule has 1 atom stereocenters. The summed E-state index contributed by atoms with van der Waals surface area (Å²) >= 11 is 0. The molecule has 154 valence electrons. The van der Waals surface area contributed by atoms with Gasteiger partial charge in [0.1, 0.15) is 17.4 Å². The number of nitrogens with one attached hydrogen (secondary N) is 1. The molecule has 0 saturated carbocycles. The van der Waals surface area contributed by atoms with Crippen LogP contribution in [0.25, 0.3) is 0 Å². The Morgan fingerprint density at radius 3 is 2.55 bits per heavy atom. The topological polar surface area (TPSA) is 64.9 Å². The number of rotatable bonds is 8. The number of aromatic nitrogens is 4. The molecule has 3 aromatic rings. The van der Waals surface area contributed by atoms with Gasteiger partial charge >= 0.3 is 0 Å². The van der Waals surface area contributed by atoms with Crippen LogP contribution in [0, 0.1) is 27.7 Å². The van der Waals surface area contributed by atoms with Crippen LogP contribution in [0.15, 0.2) is 30.3 Å². The van der Waals surface area contributed by atoms with Crippen molar-refractivity contribution in [1.82, 2.24) is 19.7 Å². The molecular weight excluding hydrogens is 362 g/mol. The van der Waals surface area contributed by atoms with Crippen LogP contribution < -0.4 is 10.1 Å². The van der Waals surface area contributed by atoms with Gasteiger partial charge in [-0.15, -0.1) is 0 Å². The maximum Gasteiger partial charge on any atom is 0.129 e. The van der Waals surface area contributed by atoms with Crippen molar-refractivity contribution in [2.75, 3.05) is 19.0 Å². The Morgan fingerprint density at radius 2 is 1.86 bits per heavy atom. The van der Waals surface area contributed by atoms with E-state index in [1.807, 2.05) is 25.1 Å². The molecule has 6 heteroatoms. The molecule has 0 aliphatic rings. The third-order valence-corrected chi connectivity index (χ3v) is 5.45. The summed E-state index contributed by atoms with van der Waals surface area (Å²) in [6.07, 6.45) is 0.864. The van der Waals surface area contributed by atoms with Crippen LogP contribution in [-0.4, -0.2) is 33.4 Å². The van der Waals surface area contributed by atoms with Crippen molar-refractivity contribution < 1.29 is 4.74 Å². The van der Waals surface area contributed by atoms with Crippen molar-refractivity contribution in [2.45, 2.75) is 53.5 Å². The fourth-order valence-corrected chi connectivity index (χ4v) is 3.49. The molecular formula is C23H31N5O. The largest absolute Gasteiger partial charge is 0.496 e. The van der Waals surface area contributed by atoms with Gasteiger partial charge in [-0.25, -0.2) is 9.97 Å². The highest BCUT2D eigenvalue weighted by Gasteiger charge is 2.15. The van der Waals surface area contributed by atoms with E-state index < -0.39 is 0 Å². The second-order valence-electron chi connectivity index (χ2n) is 7.59. The predicted octanol–water partition coefficient (Wildman–Crippen LogP) is 4.37. The lowest BCUT2D eigenvalue weighted by molar-refractivity contribution is 0.410. The molecule has 0 bridgehead atoms. The third kappa shape index (κ3) is 4.94.